The maximum absolute atomic E-state index is 12.8. The summed E-state index contributed by atoms with van der Waals surface area (Å²) < 4.78 is 12.8. The van der Waals surface area contributed by atoms with E-state index < -0.39 is 5.97 Å². The third-order valence-corrected chi connectivity index (χ3v) is 2.66. The second kappa shape index (κ2) is 11.1. The van der Waals surface area contributed by atoms with Crippen molar-refractivity contribution >= 4 is 23.3 Å². The fourth-order valence-electron chi connectivity index (χ4n) is 1.52. The zero-order valence-corrected chi connectivity index (χ0v) is 15.4. The molecular weight excluding hydrogens is 334 g/mol. The first-order chi connectivity index (χ1) is 10.4. The molecule has 0 aliphatic rings. The fraction of sp³-hybridized carbons (Fsp3) is 0.133. The number of carboxylic acid groups (broad SMARTS) is 1. The maximum atomic E-state index is 12.8. The Morgan fingerprint density at radius 3 is 2.30 bits per heavy atom. The normalized spacial score (nSPS) is 10.1. The molecule has 0 aliphatic heterocycles. The van der Waals surface area contributed by atoms with Gasteiger partial charge in [-0.15, -0.1) is 0 Å². The number of aliphatic carboxylic acids is 1. The minimum Gasteiger partial charge on any atom is -0.550 e. The van der Waals surface area contributed by atoms with Gasteiger partial charge in [0.15, 0.2) is 0 Å². The van der Waals surface area contributed by atoms with Crippen LogP contribution < -0.4 is 34.7 Å². The number of carbonyl (C=O) groups is 1. The van der Waals surface area contributed by atoms with E-state index in [1.807, 2.05) is 0 Å². The molecule has 0 saturated heterocycles. The van der Waals surface area contributed by atoms with Gasteiger partial charge in [-0.05, 0) is 36.8 Å². The molecule has 0 aliphatic carbocycles. The predicted molar refractivity (Wildman–Crippen MR) is 78.4 cm³/mol. The van der Waals surface area contributed by atoms with Crippen molar-refractivity contribution in [2.24, 2.45) is 5.16 Å². The third kappa shape index (κ3) is 8.66. The summed E-state index contributed by atoms with van der Waals surface area (Å²) in [4.78, 5) is 13.0. The third-order valence-electron chi connectivity index (χ3n) is 2.44. The van der Waals surface area contributed by atoms with Crippen LogP contribution in [0.2, 0.25) is 5.02 Å². The van der Waals surface area contributed by atoms with Crippen molar-refractivity contribution in [3.8, 4) is 0 Å². The van der Waals surface area contributed by atoms with Gasteiger partial charge in [0.25, 0.3) is 0 Å². The number of aromatic nitrogens is 1. The first-order valence-electron chi connectivity index (χ1n) is 6.17. The summed E-state index contributed by atoms with van der Waals surface area (Å²) in [5, 5.41) is 21.7. The first kappa shape index (κ1) is 21.5. The number of hydrogen-bond donors (Lipinski definition) is 1. The van der Waals surface area contributed by atoms with Crippen LogP contribution in [0.1, 0.15) is 18.2 Å². The van der Waals surface area contributed by atoms with E-state index in [1.165, 1.54) is 18.3 Å². The van der Waals surface area contributed by atoms with Crippen molar-refractivity contribution in [1.82, 2.24) is 4.98 Å². The Balaban J connectivity index is 0.000000871. The summed E-state index contributed by atoms with van der Waals surface area (Å²) in [6.07, 6.45) is 1.87. The van der Waals surface area contributed by atoms with Crippen molar-refractivity contribution in [1.29, 1.82) is 0 Å². The van der Waals surface area contributed by atoms with E-state index in [0.717, 1.165) is 12.6 Å². The minimum absolute atomic E-state index is 0. The Kier molecular flexibility index (Phi) is 10.4. The van der Waals surface area contributed by atoms with Crippen molar-refractivity contribution in [3.63, 3.8) is 0 Å². The molecule has 1 N–H and O–H groups in total. The minimum atomic E-state index is -1.08. The van der Waals surface area contributed by atoms with Gasteiger partial charge in [-0.3, -0.25) is 4.98 Å². The second-order valence-corrected chi connectivity index (χ2v) is 4.63. The van der Waals surface area contributed by atoms with Gasteiger partial charge < -0.3 is 15.1 Å². The first-order valence-corrected chi connectivity index (χ1v) is 6.55. The van der Waals surface area contributed by atoms with Crippen LogP contribution in [0.3, 0.4) is 0 Å². The largest absolute Gasteiger partial charge is 1.00 e. The van der Waals surface area contributed by atoms with Gasteiger partial charge >= 0.3 is 29.6 Å². The molecule has 0 radical (unpaired) electrons. The number of pyridine rings is 1. The van der Waals surface area contributed by atoms with Gasteiger partial charge in [0.1, 0.15) is 5.82 Å². The van der Waals surface area contributed by atoms with Gasteiger partial charge in [0.2, 0.25) is 0 Å². The Morgan fingerprint density at radius 1 is 1.30 bits per heavy atom. The van der Waals surface area contributed by atoms with Gasteiger partial charge in [-0.25, -0.2) is 4.39 Å². The van der Waals surface area contributed by atoms with E-state index in [1.54, 1.807) is 24.3 Å². The molecule has 0 unspecified atom stereocenters. The van der Waals surface area contributed by atoms with Crippen LogP contribution in [0.5, 0.6) is 0 Å². The molecule has 8 heteroatoms. The Bertz CT molecular complexity index is 645. The number of benzene rings is 1. The summed E-state index contributed by atoms with van der Waals surface area (Å²) in [5.74, 6) is -1.42. The fourth-order valence-corrected chi connectivity index (χ4v) is 1.63. The number of oxime groups is 1. The number of halogens is 2. The molecule has 116 valence electrons. The molecule has 23 heavy (non-hydrogen) atoms. The number of rotatable bonds is 3. The van der Waals surface area contributed by atoms with Crippen LogP contribution in [0, 0.1) is 5.82 Å². The molecule has 0 spiro atoms. The van der Waals surface area contributed by atoms with E-state index in [0.29, 0.717) is 22.7 Å². The number of nitrogens with zero attached hydrogens (tertiary/aromatic N) is 2. The molecular formula is C15H13ClFN2NaO3. The van der Waals surface area contributed by atoms with Gasteiger partial charge in [0.05, 0.1) is 10.7 Å². The molecule has 2 rings (SSSR count). The summed E-state index contributed by atoms with van der Waals surface area (Å²) >= 11 is 5.73. The van der Waals surface area contributed by atoms with Crippen LogP contribution in [-0.2, 0) is 11.2 Å². The zero-order valence-electron chi connectivity index (χ0n) is 12.7. The van der Waals surface area contributed by atoms with Crippen LogP contribution in [0.15, 0.2) is 47.8 Å². The van der Waals surface area contributed by atoms with Crippen LogP contribution >= 0.6 is 11.6 Å². The molecule has 0 amide bonds. The average molecular weight is 347 g/mol. The van der Waals surface area contributed by atoms with E-state index in [4.69, 9.17) is 26.7 Å². The number of carboxylic acids is 1. The topological polar surface area (TPSA) is 85.6 Å². The van der Waals surface area contributed by atoms with Crippen molar-refractivity contribution < 1.29 is 49.1 Å². The summed E-state index contributed by atoms with van der Waals surface area (Å²) in [6, 6.07) is 9.20. The maximum Gasteiger partial charge on any atom is 1.00 e. The van der Waals surface area contributed by atoms with E-state index in [2.05, 4.69) is 10.1 Å². The summed E-state index contributed by atoms with van der Waals surface area (Å²) in [5.41, 5.74) is 1.79. The SMILES string of the molecule is CC(=O)[O-].ON=C(Cc1ccc(Cl)cn1)c1ccc(F)cc1.[Na+]. The van der Waals surface area contributed by atoms with E-state index >= 15 is 0 Å². The second-order valence-electron chi connectivity index (χ2n) is 4.19. The standard InChI is InChI=1S/C13H10ClFN2O.C2H4O2.Na/c14-10-3-6-12(16-8-10)7-13(17-18)9-1-4-11(15)5-2-9;1-2(3)4;/h1-6,8,18H,7H2;1H3,(H,3,4);/q;;+1/p-1. The van der Waals surface area contributed by atoms with E-state index in [-0.39, 0.29) is 35.4 Å². The number of carbonyl (C=O) groups excluding carboxylic acids is 1. The Labute approximate surface area is 160 Å². The van der Waals surface area contributed by atoms with Gasteiger partial charge in [-0.2, -0.15) is 0 Å². The molecule has 5 nitrogen and oxygen atoms in total. The smallest absolute Gasteiger partial charge is 0.550 e. The molecule has 0 saturated carbocycles. The predicted octanol–water partition coefficient (Wildman–Crippen LogP) is -0.945. The molecule has 0 fully saturated rings. The molecule has 0 atom stereocenters. The Morgan fingerprint density at radius 2 is 1.87 bits per heavy atom. The molecule has 2 aromatic rings. The molecule has 0 bridgehead atoms. The quantitative estimate of drug-likeness (QED) is 0.336. The molecule has 1 heterocycles. The molecule has 1 aromatic carbocycles. The zero-order chi connectivity index (χ0) is 16.5. The summed E-state index contributed by atoms with van der Waals surface area (Å²) in [7, 11) is 0. The average Bonchev–Trinajstić information content (AvgIpc) is 2.47. The van der Waals surface area contributed by atoms with Crippen molar-refractivity contribution in [3.05, 3.63) is 64.7 Å². The van der Waals surface area contributed by atoms with Crippen LogP contribution in [-0.4, -0.2) is 21.9 Å². The monoisotopic (exact) mass is 346 g/mol. The van der Waals surface area contributed by atoms with Gasteiger partial charge in [-0.1, -0.05) is 28.9 Å². The van der Waals surface area contributed by atoms with Crippen molar-refractivity contribution in [2.75, 3.05) is 0 Å². The molecule has 1 aromatic heterocycles. The number of hydrogen-bond acceptors (Lipinski definition) is 5. The Hall–Kier alpha value is -1.47. The van der Waals surface area contributed by atoms with Crippen LogP contribution in [0.25, 0.3) is 0 Å². The van der Waals surface area contributed by atoms with Crippen LogP contribution in [0.4, 0.5) is 4.39 Å². The summed E-state index contributed by atoms with van der Waals surface area (Å²) in [6.45, 7) is 0.972. The van der Waals surface area contributed by atoms with Gasteiger partial charge in [0, 0.05) is 24.3 Å². The van der Waals surface area contributed by atoms with E-state index in [9.17, 15) is 4.39 Å². The van der Waals surface area contributed by atoms with Crippen molar-refractivity contribution in [2.45, 2.75) is 13.3 Å².